The summed E-state index contributed by atoms with van der Waals surface area (Å²) in [7, 11) is 1.81. The Morgan fingerprint density at radius 3 is 2.83 bits per heavy atom. The lowest BCUT2D eigenvalue weighted by Gasteiger charge is -2.19. The van der Waals surface area contributed by atoms with Crippen molar-refractivity contribution in [3.63, 3.8) is 0 Å². The zero-order valence-corrected chi connectivity index (χ0v) is 11.4. The number of carbonyl (C=O) groups excluding carboxylic acids is 1. The molecule has 1 aromatic rings. The van der Waals surface area contributed by atoms with Crippen molar-refractivity contribution in [2.24, 2.45) is 5.92 Å². The standard InChI is InChI=1S/C12H21N5O/c1-8(2)5-14-10(18)7-17(4)11-9(3)6-15-12(13)16-11/h6,8H,5,7H2,1-4H3,(H,14,18)(H2,13,15,16). The second-order valence-corrected chi connectivity index (χ2v) is 4.79. The number of hydrogen-bond acceptors (Lipinski definition) is 5. The predicted octanol–water partition coefficient (Wildman–Crippen LogP) is 0.576. The summed E-state index contributed by atoms with van der Waals surface area (Å²) in [4.78, 5) is 21.5. The summed E-state index contributed by atoms with van der Waals surface area (Å²) in [5.41, 5.74) is 6.44. The number of rotatable bonds is 5. The van der Waals surface area contributed by atoms with Gasteiger partial charge in [-0.1, -0.05) is 13.8 Å². The molecule has 6 heteroatoms. The Kier molecular flexibility index (Phi) is 4.88. The van der Waals surface area contributed by atoms with Crippen molar-refractivity contribution >= 4 is 17.7 Å². The molecule has 18 heavy (non-hydrogen) atoms. The van der Waals surface area contributed by atoms with Crippen LogP contribution in [0.5, 0.6) is 0 Å². The molecule has 1 amide bonds. The Labute approximate surface area is 108 Å². The minimum Gasteiger partial charge on any atom is -0.368 e. The van der Waals surface area contributed by atoms with E-state index in [4.69, 9.17) is 5.73 Å². The van der Waals surface area contributed by atoms with Gasteiger partial charge in [-0.2, -0.15) is 4.98 Å². The van der Waals surface area contributed by atoms with Gasteiger partial charge in [0.1, 0.15) is 5.82 Å². The van der Waals surface area contributed by atoms with Crippen molar-refractivity contribution in [1.29, 1.82) is 0 Å². The molecule has 0 aliphatic heterocycles. The summed E-state index contributed by atoms with van der Waals surface area (Å²) < 4.78 is 0. The Morgan fingerprint density at radius 2 is 2.22 bits per heavy atom. The van der Waals surface area contributed by atoms with E-state index in [-0.39, 0.29) is 18.4 Å². The minimum atomic E-state index is -0.0252. The van der Waals surface area contributed by atoms with Crippen molar-refractivity contribution in [3.8, 4) is 0 Å². The highest BCUT2D eigenvalue weighted by atomic mass is 16.2. The third-order valence-corrected chi connectivity index (χ3v) is 2.41. The van der Waals surface area contributed by atoms with Crippen LogP contribution in [0.4, 0.5) is 11.8 Å². The Balaban J connectivity index is 2.62. The highest BCUT2D eigenvalue weighted by molar-refractivity contribution is 5.81. The second kappa shape index (κ2) is 6.18. The van der Waals surface area contributed by atoms with E-state index in [1.165, 1.54) is 0 Å². The Bertz CT molecular complexity index is 419. The Morgan fingerprint density at radius 1 is 1.56 bits per heavy atom. The van der Waals surface area contributed by atoms with E-state index in [1.54, 1.807) is 11.1 Å². The van der Waals surface area contributed by atoms with E-state index in [0.29, 0.717) is 18.3 Å². The first-order chi connectivity index (χ1) is 8.40. The first-order valence-corrected chi connectivity index (χ1v) is 5.97. The molecular formula is C12H21N5O. The molecular weight excluding hydrogens is 230 g/mol. The van der Waals surface area contributed by atoms with Crippen LogP contribution in [0.3, 0.4) is 0 Å². The number of likely N-dealkylation sites (N-methyl/N-ethyl adjacent to an activating group) is 1. The number of nitrogens with zero attached hydrogens (tertiary/aromatic N) is 3. The van der Waals surface area contributed by atoms with E-state index < -0.39 is 0 Å². The van der Waals surface area contributed by atoms with E-state index in [0.717, 1.165) is 5.56 Å². The van der Waals surface area contributed by atoms with Gasteiger partial charge in [-0.25, -0.2) is 4.98 Å². The van der Waals surface area contributed by atoms with E-state index in [1.807, 2.05) is 14.0 Å². The molecule has 0 spiro atoms. The van der Waals surface area contributed by atoms with E-state index >= 15 is 0 Å². The molecule has 6 nitrogen and oxygen atoms in total. The third kappa shape index (κ3) is 4.20. The molecule has 0 saturated carbocycles. The van der Waals surface area contributed by atoms with Gasteiger partial charge in [0.2, 0.25) is 11.9 Å². The number of anilines is 2. The van der Waals surface area contributed by atoms with Crippen molar-refractivity contribution < 1.29 is 4.79 Å². The number of aryl methyl sites for hydroxylation is 1. The lowest BCUT2D eigenvalue weighted by Crippen LogP contribution is -2.37. The summed E-state index contributed by atoms with van der Waals surface area (Å²) in [6.45, 7) is 6.93. The number of nitrogen functional groups attached to an aromatic ring is 1. The molecule has 1 rings (SSSR count). The molecule has 0 aromatic carbocycles. The fraction of sp³-hybridized carbons (Fsp3) is 0.583. The average molecular weight is 251 g/mol. The summed E-state index contributed by atoms with van der Waals surface area (Å²) in [5.74, 6) is 1.31. The quantitative estimate of drug-likeness (QED) is 0.799. The largest absolute Gasteiger partial charge is 0.368 e. The molecule has 0 aliphatic rings. The topological polar surface area (TPSA) is 84.1 Å². The SMILES string of the molecule is Cc1cnc(N)nc1N(C)CC(=O)NCC(C)C. The van der Waals surface area contributed by atoms with E-state index in [2.05, 4.69) is 29.1 Å². The lowest BCUT2D eigenvalue weighted by molar-refractivity contribution is -0.119. The van der Waals surface area contributed by atoms with Crippen molar-refractivity contribution in [3.05, 3.63) is 11.8 Å². The number of carbonyl (C=O) groups is 1. The van der Waals surface area contributed by atoms with Gasteiger partial charge in [-0.3, -0.25) is 4.79 Å². The van der Waals surface area contributed by atoms with Crippen LogP contribution in [0.2, 0.25) is 0 Å². The van der Waals surface area contributed by atoms with Crippen LogP contribution >= 0.6 is 0 Å². The minimum absolute atomic E-state index is 0.0252. The Hall–Kier alpha value is -1.85. The number of nitrogens with two attached hydrogens (primary N) is 1. The first kappa shape index (κ1) is 14.2. The predicted molar refractivity (Wildman–Crippen MR) is 72.3 cm³/mol. The van der Waals surface area contributed by atoms with E-state index in [9.17, 15) is 4.79 Å². The van der Waals surface area contributed by atoms with Gasteiger partial charge in [0.15, 0.2) is 0 Å². The zero-order chi connectivity index (χ0) is 13.7. The summed E-state index contributed by atoms with van der Waals surface area (Å²) in [6, 6.07) is 0. The molecule has 1 aromatic heterocycles. The van der Waals surface area contributed by atoms with Crippen molar-refractivity contribution in [2.75, 3.05) is 30.8 Å². The van der Waals surface area contributed by atoms with Gasteiger partial charge in [0.25, 0.3) is 0 Å². The maximum Gasteiger partial charge on any atom is 0.239 e. The molecule has 0 radical (unpaired) electrons. The highest BCUT2D eigenvalue weighted by Gasteiger charge is 2.11. The second-order valence-electron chi connectivity index (χ2n) is 4.79. The highest BCUT2D eigenvalue weighted by Crippen LogP contribution is 2.14. The molecule has 0 unspecified atom stereocenters. The fourth-order valence-corrected chi connectivity index (χ4v) is 1.50. The van der Waals surface area contributed by atoms with Crippen molar-refractivity contribution in [2.45, 2.75) is 20.8 Å². The van der Waals surface area contributed by atoms with Crippen LogP contribution in [0, 0.1) is 12.8 Å². The van der Waals surface area contributed by atoms with Crippen LogP contribution in [0.15, 0.2) is 6.20 Å². The lowest BCUT2D eigenvalue weighted by atomic mass is 10.2. The van der Waals surface area contributed by atoms with Gasteiger partial charge in [-0.15, -0.1) is 0 Å². The molecule has 100 valence electrons. The van der Waals surface area contributed by atoms with Gasteiger partial charge in [0, 0.05) is 25.4 Å². The van der Waals surface area contributed by atoms with Crippen LogP contribution < -0.4 is 16.0 Å². The fourth-order valence-electron chi connectivity index (χ4n) is 1.50. The summed E-state index contributed by atoms with van der Waals surface area (Å²) >= 11 is 0. The molecule has 1 heterocycles. The molecule has 0 bridgehead atoms. The molecule has 3 N–H and O–H groups in total. The molecule has 0 aliphatic carbocycles. The van der Waals surface area contributed by atoms with Gasteiger partial charge in [0.05, 0.1) is 6.54 Å². The number of amides is 1. The number of hydrogen-bond donors (Lipinski definition) is 2. The van der Waals surface area contributed by atoms with Crippen LogP contribution in [-0.2, 0) is 4.79 Å². The van der Waals surface area contributed by atoms with Crippen molar-refractivity contribution in [1.82, 2.24) is 15.3 Å². The smallest absolute Gasteiger partial charge is 0.239 e. The van der Waals surface area contributed by atoms with Gasteiger partial charge in [-0.05, 0) is 12.8 Å². The maximum absolute atomic E-state index is 11.7. The normalized spacial score (nSPS) is 10.5. The average Bonchev–Trinajstić information content (AvgIpc) is 2.29. The summed E-state index contributed by atoms with van der Waals surface area (Å²) in [5, 5.41) is 2.86. The van der Waals surface area contributed by atoms with Crippen LogP contribution in [0.1, 0.15) is 19.4 Å². The van der Waals surface area contributed by atoms with Gasteiger partial charge < -0.3 is 16.0 Å². The number of nitrogens with one attached hydrogen (secondary N) is 1. The molecule has 0 saturated heterocycles. The maximum atomic E-state index is 11.7. The summed E-state index contributed by atoms with van der Waals surface area (Å²) in [6.07, 6.45) is 1.65. The van der Waals surface area contributed by atoms with Crippen LogP contribution in [-0.4, -0.2) is 36.0 Å². The monoisotopic (exact) mass is 251 g/mol. The van der Waals surface area contributed by atoms with Gasteiger partial charge >= 0.3 is 0 Å². The number of aromatic nitrogens is 2. The third-order valence-electron chi connectivity index (χ3n) is 2.41. The molecule has 0 fully saturated rings. The van der Waals surface area contributed by atoms with Crippen LogP contribution in [0.25, 0.3) is 0 Å². The zero-order valence-electron chi connectivity index (χ0n) is 11.4. The molecule has 0 atom stereocenters. The first-order valence-electron chi connectivity index (χ1n) is 5.97.